The summed E-state index contributed by atoms with van der Waals surface area (Å²) in [6.07, 6.45) is 2.71. The van der Waals surface area contributed by atoms with Gasteiger partial charge < -0.3 is 10.6 Å². The smallest absolute Gasteiger partial charge is 0.239 e. The average Bonchev–Trinajstić information content (AvgIpc) is 2.38. The molecule has 0 bridgehead atoms. The summed E-state index contributed by atoms with van der Waals surface area (Å²) in [6.45, 7) is 3.13. The second-order valence-corrected chi connectivity index (χ2v) is 3.97. The van der Waals surface area contributed by atoms with Gasteiger partial charge in [0.1, 0.15) is 5.02 Å². The first kappa shape index (κ1) is 14.5. The lowest BCUT2D eigenvalue weighted by atomic mass is 10.3. The van der Waals surface area contributed by atoms with Crippen molar-refractivity contribution in [3.8, 4) is 0 Å². The van der Waals surface area contributed by atoms with Crippen LogP contribution in [0.1, 0.15) is 19.8 Å². The molecule has 0 saturated carbocycles. The number of hydrogen-bond acceptors (Lipinski definition) is 6. The van der Waals surface area contributed by atoms with Gasteiger partial charge in [0, 0.05) is 19.5 Å². The van der Waals surface area contributed by atoms with Crippen molar-refractivity contribution in [2.45, 2.75) is 19.8 Å². The van der Waals surface area contributed by atoms with Crippen LogP contribution in [0.2, 0.25) is 5.02 Å². The van der Waals surface area contributed by atoms with Crippen molar-refractivity contribution in [2.75, 3.05) is 23.8 Å². The maximum atomic E-state index is 11.4. The Labute approximate surface area is 110 Å². The van der Waals surface area contributed by atoms with Crippen LogP contribution >= 0.6 is 11.6 Å². The van der Waals surface area contributed by atoms with Gasteiger partial charge in [-0.25, -0.2) is 10.8 Å². The number of carbonyl (C=O) groups is 1. The molecule has 8 heteroatoms. The van der Waals surface area contributed by atoms with Gasteiger partial charge in [0.2, 0.25) is 11.9 Å². The maximum Gasteiger partial charge on any atom is 0.239 e. The minimum atomic E-state index is -0.00768. The third kappa shape index (κ3) is 4.72. The number of carbonyl (C=O) groups excluding carboxylic acids is 1. The van der Waals surface area contributed by atoms with E-state index in [0.29, 0.717) is 30.4 Å². The zero-order valence-corrected chi connectivity index (χ0v) is 10.9. The highest BCUT2D eigenvalue weighted by Crippen LogP contribution is 2.18. The van der Waals surface area contributed by atoms with Crippen LogP contribution in [-0.4, -0.2) is 29.0 Å². The van der Waals surface area contributed by atoms with Crippen molar-refractivity contribution in [3.05, 3.63) is 11.2 Å². The summed E-state index contributed by atoms with van der Waals surface area (Å²) in [5, 5.41) is 6.11. The number of nitrogens with zero attached hydrogens (tertiary/aromatic N) is 2. The average molecular weight is 273 g/mol. The molecular formula is C10H17ClN6O. The summed E-state index contributed by atoms with van der Waals surface area (Å²) in [5.41, 5.74) is 2.32. The van der Waals surface area contributed by atoms with Gasteiger partial charge >= 0.3 is 0 Å². The Hall–Kier alpha value is -1.60. The van der Waals surface area contributed by atoms with Crippen LogP contribution in [0.4, 0.5) is 11.8 Å². The number of nitrogens with one attached hydrogen (secondary N) is 3. The van der Waals surface area contributed by atoms with Crippen LogP contribution in [0, 0.1) is 0 Å². The molecule has 0 unspecified atom stereocenters. The van der Waals surface area contributed by atoms with Gasteiger partial charge in [-0.05, 0) is 6.42 Å². The Bertz CT molecular complexity index is 400. The van der Waals surface area contributed by atoms with E-state index in [4.69, 9.17) is 17.4 Å². The fourth-order valence-corrected chi connectivity index (χ4v) is 1.37. The molecule has 1 aromatic rings. The molecule has 1 rings (SSSR count). The fraction of sp³-hybridized carbons (Fsp3) is 0.500. The van der Waals surface area contributed by atoms with E-state index < -0.39 is 0 Å². The van der Waals surface area contributed by atoms with Gasteiger partial charge in [0.05, 0.1) is 6.20 Å². The van der Waals surface area contributed by atoms with Crippen molar-refractivity contribution in [2.24, 2.45) is 5.84 Å². The van der Waals surface area contributed by atoms with Crippen LogP contribution in [0.25, 0.3) is 0 Å². The largest absolute Gasteiger partial charge is 0.368 e. The fourth-order valence-electron chi connectivity index (χ4n) is 1.21. The van der Waals surface area contributed by atoms with E-state index >= 15 is 0 Å². The van der Waals surface area contributed by atoms with Crippen molar-refractivity contribution < 1.29 is 4.79 Å². The lowest BCUT2D eigenvalue weighted by molar-refractivity contribution is -0.120. The summed E-state index contributed by atoms with van der Waals surface area (Å²) >= 11 is 5.90. The van der Waals surface area contributed by atoms with E-state index in [0.717, 1.165) is 6.42 Å². The number of halogens is 1. The Kier molecular flexibility index (Phi) is 6.16. The highest BCUT2D eigenvalue weighted by atomic mass is 35.5. The molecule has 18 heavy (non-hydrogen) atoms. The van der Waals surface area contributed by atoms with E-state index in [1.165, 1.54) is 6.20 Å². The van der Waals surface area contributed by atoms with Crippen LogP contribution in [-0.2, 0) is 4.79 Å². The Morgan fingerprint density at radius 2 is 2.28 bits per heavy atom. The number of nitrogen functional groups attached to an aromatic ring is 1. The summed E-state index contributed by atoms with van der Waals surface area (Å²) in [4.78, 5) is 19.2. The topological polar surface area (TPSA) is 105 Å². The van der Waals surface area contributed by atoms with Crippen LogP contribution < -0.4 is 21.9 Å². The number of amides is 1. The monoisotopic (exact) mass is 272 g/mol. The molecule has 1 aromatic heterocycles. The number of hydrazine groups is 1. The van der Waals surface area contributed by atoms with Crippen molar-refractivity contribution in [1.82, 2.24) is 15.3 Å². The molecule has 0 fully saturated rings. The predicted octanol–water partition coefficient (Wildman–Crippen LogP) is 0.744. The van der Waals surface area contributed by atoms with Crippen LogP contribution in [0.3, 0.4) is 0 Å². The SMILES string of the molecule is CCCNC(=O)CCNc1nc(NN)ncc1Cl. The molecule has 100 valence electrons. The third-order valence-electron chi connectivity index (χ3n) is 2.09. The molecule has 7 nitrogen and oxygen atoms in total. The minimum Gasteiger partial charge on any atom is -0.368 e. The lowest BCUT2D eigenvalue weighted by Crippen LogP contribution is -2.26. The summed E-state index contributed by atoms with van der Waals surface area (Å²) in [6, 6.07) is 0. The van der Waals surface area contributed by atoms with Gasteiger partial charge in [-0.2, -0.15) is 4.98 Å². The quantitative estimate of drug-likeness (QED) is 0.431. The molecule has 0 spiro atoms. The first-order chi connectivity index (χ1) is 8.67. The molecule has 0 atom stereocenters. The van der Waals surface area contributed by atoms with E-state index in [1.54, 1.807) is 0 Å². The van der Waals surface area contributed by atoms with Gasteiger partial charge in [0.15, 0.2) is 5.82 Å². The van der Waals surface area contributed by atoms with Gasteiger partial charge in [0.25, 0.3) is 0 Å². The molecule has 1 amide bonds. The maximum absolute atomic E-state index is 11.4. The molecular weight excluding hydrogens is 256 g/mol. The van der Waals surface area contributed by atoms with Crippen molar-refractivity contribution in [1.29, 1.82) is 0 Å². The minimum absolute atomic E-state index is 0.00768. The Morgan fingerprint density at radius 3 is 2.94 bits per heavy atom. The molecule has 0 aliphatic carbocycles. The molecule has 0 saturated heterocycles. The summed E-state index contributed by atoms with van der Waals surface area (Å²) in [5.74, 6) is 5.89. The van der Waals surface area contributed by atoms with E-state index in [9.17, 15) is 4.79 Å². The van der Waals surface area contributed by atoms with Gasteiger partial charge in [-0.3, -0.25) is 10.2 Å². The third-order valence-corrected chi connectivity index (χ3v) is 2.37. The highest BCUT2D eigenvalue weighted by molar-refractivity contribution is 6.32. The second kappa shape index (κ2) is 7.67. The van der Waals surface area contributed by atoms with Gasteiger partial charge in [-0.1, -0.05) is 18.5 Å². The van der Waals surface area contributed by atoms with Crippen LogP contribution in [0.15, 0.2) is 6.20 Å². The predicted molar refractivity (Wildman–Crippen MR) is 71.3 cm³/mol. The number of anilines is 2. The van der Waals surface area contributed by atoms with Crippen molar-refractivity contribution >= 4 is 29.3 Å². The molecule has 0 aliphatic heterocycles. The molecule has 0 aliphatic rings. The normalized spacial score (nSPS) is 9.94. The van der Waals surface area contributed by atoms with Crippen LogP contribution in [0.5, 0.6) is 0 Å². The zero-order valence-electron chi connectivity index (χ0n) is 10.2. The first-order valence-electron chi connectivity index (χ1n) is 5.67. The number of rotatable bonds is 7. The molecule has 0 radical (unpaired) electrons. The number of nitrogens with two attached hydrogens (primary N) is 1. The zero-order chi connectivity index (χ0) is 13.4. The Balaban J connectivity index is 2.41. The lowest BCUT2D eigenvalue weighted by Gasteiger charge is -2.08. The Morgan fingerprint density at radius 1 is 1.50 bits per heavy atom. The van der Waals surface area contributed by atoms with E-state index in [-0.39, 0.29) is 11.9 Å². The summed E-state index contributed by atoms with van der Waals surface area (Å²) < 4.78 is 0. The van der Waals surface area contributed by atoms with Crippen molar-refractivity contribution in [3.63, 3.8) is 0 Å². The standard InChI is InChI=1S/C10H17ClN6O/c1-2-4-13-8(18)3-5-14-9-7(11)6-15-10(16-9)17-12/h6H,2-5,12H2,1H3,(H,13,18)(H2,14,15,16,17). The second-order valence-electron chi connectivity index (χ2n) is 3.56. The molecule has 0 aromatic carbocycles. The highest BCUT2D eigenvalue weighted by Gasteiger charge is 2.05. The number of hydrogen-bond donors (Lipinski definition) is 4. The molecule has 1 heterocycles. The van der Waals surface area contributed by atoms with E-state index in [2.05, 4.69) is 26.0 Å². The summed E-state index contributed by atoms with van der Waals surface area (Å²) in [7, 11) is 0. The van der Waals surface area contributed by atoms with E-state index in [1.807, 2.05) is 6.92 Å². The first-order valence-corrected chi connectivity index (χ1v) is 6.05. The number of aromatic nitrogens is 2. The van der Waals surface area contributed by atoms with Gasteiger partial charge in [-0.15, -0.1) is 0 Å². The molecule has 5 N–H and O–H groups in total.